The lowest BCUT2D eigenvalue weighted by molar-refractivity contribution is -0.131. The normalized spacial score (nSPS) is 25.6. The Morgan fingerprint density at radius 1 is 1.11 bits per heavy atom. The number of amides is 1. The lowest BCUT2D eigenvalue weighted by Crippen LogP contribution is -2.54. The van der Waals surface area contributed by atoms with E-state index >= 15 is 0 Å². The van der Waals surface area contributed by atoms with Gasteiger partial charge in [0.05, 0.1) is 11.4 Å². The monoisotopic (exact) mass is 375 g/mol. The number of carbonyl (C=O) groups excluding carboxylic acids is 1. The summed E-state index contributed by atoms with van der Waals surface area (Å²) in [6, 6.07) is 12.4. The molecule has 2 heterocycles. The second kappa shape index (κ2) is 5.84. The second-order valence-corrected chi connectivity index (χ2v) is 8.29. The van der Waals surface area contributed by atoms with Crippen LogP contribution in [-0.4, -0.2) is 24.5 Å². The van der Waals surface area contributed by atoms with Crippen LogP contribution in [0.4, 0.5) is 11.4 Å². The van der Waals surface area contributed by atoms with Gasteiger partial charge in [0, 0.05) is 19.0 Å². The first kappa shape index (κ1) is 17.3. The number of hydrogen-bond acceptors (Lipinski definition) is 4. The number of anilines is 2. The van der Waals surface area contributed by atoms with Crippen molar-refractivity contribution in [2.45, 2.75) is 45.8 Å². The van der Waals surface area contributed by atoms with Crippen molar-refractivity contribution >= 4 is 23.1 Å². The van der Waals surface area contributed by atoms with Crippen LogP contribution in [0.15, 0.2) is 41.6 Å². The fourth-order valence-electron chi connectivity index (χ4n) is 5.33. The molecular formula is C23H25N3O2. The standard InChI is InChI=1S/C23H25N3O2/c1-14-12-15(2)20(16(3)13-14)21-24-28-23-11-7-8-17(23)22(27)25(4)18-9-5-6-10-19(18)26(21)23/h5-6,9-10,12-13,17H,7-8,11H2,1-4H3/t17-,23+/m0/s1. The Morgan fingerprint density at radius 3 is 2.50 bits per heavy atom. The van der Waals surface area contributed by atoms with Gasteiger partial charge in [0.1, 0.15) is 5.92 Å². The average Bonchev–Trinajstić information content (AvgIpc) is 3.23. The van der Waals surface area contributed by atoms with Crippen molar-refractivity contribution in [1.29, 1.82) is 0 Å². The van der Waals surface area contributed by atoms with Crippen LogP contribution in [0.1, 0.15) is 41.5 Å². The van der Waals surface area contributed by atoms with Gasteiger partial charge in [0.2, 0.25) is 11.6 Å². The van der Waals surface area contributed by atoms with Crippen molar-refractivity contribution < 1.29 is 9.63 Å². The summed E-state index contributed by atoms with van der Waals surface area (Å²) >= 11 is 0. The van der Waals surface area contributed by atoms with Crippen molar-refractivity contribution in [3.63, 3.8) is 0 Å². The van der Waals surface area contributed by atoms with E-state index in [2.05, 4.69) is 49.0 Å². The van der Waals surface area contributed by atoms with Gasteiger partial charge in [0.15, 0.2) is 5.84 Å². The summed E-state index contributed by atoms with van der Waals surface area (Å²) in [4.78, 5) is 23.5. The van der Waals surface area contributed by atoms with Crippen LogP contribution >= 0.6 is 0 Å². The largest absolute Gasteiger partial charge is 0.364 e. The minimum absolute atomic E-state index is 0.112. The number of aryl methyl sites for hydroxylation is 3. The quantitative estimate of drug-likeness (QED) is 0.747. The molecule has 0 aromatic heterocycles. The third-order valence-electron chi connectivity index (χ3n) is 6.47. The molecule has 0 unspecified atom stereocenters. The number of fused-ring (bicyclic) bond motifs is 2. The maximum atomic E-state index is 13.3. The van der Waals surface area contributed by atoms with E-state index in [1.165, 1.54) is 16.7 Å². The smallest absolute Gasteiger partial charge is 0.236 e. The Morgan fingerprint density at radius 2 is 1.79 bits per heavy atom. The Kier molecular flexibility index (Phi) is 3.60. The maximum Gasteiger partial charge on any atom is 0.236 e. The van der Waals surface area contributed by atoms with Gasteiger partial charge in [-0.05, 0) is 56.9 Å². The highest BCUT2D eigenvalue weighted by Gasteiger charge is 2.61. The lowest BCUT2D eigenvalue weighted by atomic mass is 9.93. The molecule has 1 fully saturated rings. The fourth-order valence-corrected chi connectivity index (χ4v) is 5.33. The summed E-state index contributed by atoms with van der Waals surface area (Å²) in [6.07, 6.45) is 2.57. The van der Waals surface area contributed by atoms with Crippen molar-refractivity contribution in [1.82, 2.24) is 0 Å². The predicted octanol–water partition coefficient (Wildman–Crippen LogP) is 4.28. The number of nitrogens with zero attached hydrogens (tertiary/aromatic N) is 3. The molecule has 5 heteroatoms. The van der Waals surface area contributed by atoms with E-state index in [4.69, 9.17) is 4.84 Å². The predicted molar refractivity (Wildman–Crippen MR) is 111 cm³/mol. The van der Waals surface area contributed by atoms with Crippen LogP contribution in [0.25, 0.3) is 0 Å². The Hall–Kier alpha value is -2.82. The molecule has 1 spiro atoms. The van der Waals surface area contributed by atoms with E-state index in [-0.39, 0.29) is 11.8 Å². The van der Waals surface area contributed by atoms with Crippen LogP contribution in [0.3, 0.4) is 0 Å². The molecule has 0 bridgehead atoms. The molecule has 28 heavy (non-hydrogen) atoms. The van der Waals surface area contributed by atoms with Gasteiger partial charge in [-0.25, -0.2) is 0 Å². The minimum Gasteiger partial charge on any atom is -0.364 e. The second-order valence-electron chi connectivity index (χ2n) is 8.29. The number of oxime groups is 1. The summed E-state index contributed by atoms with van der Waals surface area (Å²) in [5.41, 5.74) is 5.84. The first-order chi connectivity index (χ1) is 13.4. The van der Waals surface area contributed by atoms with E-state index in [9.17, 15) is 4.79 Å². The van der Waals surface area contributed by atoms with Gasteiger partial charge < -0.3 is 9.74 Å². The zero-order valence-corrected chi connectivity index (χ0v) is 16.8. The van der Waals surface area contributed by atoms with E-state index in [1.54, 1.807) is 4.90 Å². The van der Waals surface area contributed by atoms with Crippen LogP contribution in [0, 0.1) is 26.7 Å². The fraction of sp³-hybridized carbons (Fsp3) is 0.391. The van der Waals surface area contributed by atoms with Crippen LogP contribution in [0.5, 0.6) is 0 Å². The molecule has 0 radical (unpaired) electrons. The molecule has 2 aromatic rings. The first-order valence-electron chi connectivity index (χ1n) is 9.95. The van der Waals surface area contributed by atoms with Crippen molar-refractivity contribution in [3.8, 4) is 0 Å². The summed E-state index contributed by atoms with van der Waals surface area (Å²) in [7, 11) is 1.87. The van der Waals surface area contributed by atoms with E-state index in [1.807, 2.05) is 25.2 Å². The number of para-hydroxylation sites is 2. The van der Waals surface area contributed by atoms with Crippen LogP contribution in [-0.2, 0) is 9.63 Å². The summed E-state index contributed by atoms with van der Waals surface area (Å²) < 4.78 is 0. The third-order valence-corrected chi connectivity index (χ3v) is 6.47. The van der Waals surface area contributed by atoms with Gasteiger partial charge in [-0.15, -0.1) is 0 Å². The van der Waals surface area contributed by atoms with Gasteiger partial charge in [-0.1, -0.05) is 35.0 Å². The van der Waals surface area contributed by atoms with Crippen molar-refractivity contribution in [2.75, 3.05) is 16.8 Å². The van der Waals surface area contributed by atoms with Crippen molar-refractivity contribution in [2.24, 2.45) is 11.1 Å². The van der Waals surface area contributed by atoms with E-state index < -0.39 is 5.72 Å². The minimum atomic E-state index is -0.725. The molecule has 5 nitrogen and oxygen atoms in total. The Bertz CT molecular complexity index is 1010. The zero-order chi connectivity index (χ0) is 19.6. The number of hydrogen-bond donors (Lipinski definition) is 0. The molecule has 0 saturated heterocycles. The summed E-state index contributed by atoms with van der Waals surface area (Å²) in [6.45, 7) is 6.35. The summed E-state index contributed by atoms with van der Waals surface area (Å²) in [5, 5.41) is 4.61. The first-order valence-corrected chi connectivity index (χ1v) is 9.95. The van der Waals surface area contributed by atoms with Crippen LogP contribution in [0.2, 0.25) is 0 Å². The molecule has 2 aromatic carbocycles. The molecule has 0 N–H and O–H groups in total. The lowest BCUT2D eigenvalue weighted by Gasteiger charge is -2.36. The topological polar surface area (TPSA) is 45.1 Å². The molecular weight excluding hydrogens is 350 g/mol. The van der Waals surface area contributed by atoms with E-state index in [0.29, 0.717) is 0 Å². The Balaban J connectivity index is 1.77. The molecule has 2 aliphatic heterocycles. The molecule has 1 saturated carbocycles. The van der Waals surface area contributed by atoms with Gasteiger partial charge in [-0.3, -0.25) is 9.69 Å². The zero-order valence-electron chi connectivity index (χ0n) is 16.8. The average molecular weight is 375 g/mol. The highest BCUT2D eigenvalue weighted by molar-refractivity contribution is 6.17. The number of rotatable bonds is 1. The molecule has 3 aliphatic rings. The molecule has 5 rings (SSSR count). The number of amidine groups is 1. The number of benzene rings is 2. The molecule has 2 atom stereocenters. The van der Waals surface area contributed by atoms with Gasteiger partial charge in [0.25, 0.3) is 0 Å². The van der Waals surface area contributed by atoms with Gasteiger partial charge >= 0.3 is 0 Å². The highest BCUT2D eigenvalue weighted by atomic mass is 16.7. The Labute approximate surface area is 165 Å². The third kappa shape index (κ3) is 2.13. The van der Waals surface area contributed by atoms with Crippen molar-refractivity contribution in [3.05, 3.63) is 58.7 Å². The molecule has 144 valence electrons. The number of carbonyl (C=O) groups is 1. The summed E-state index contributed by atoms with van der Waals surface area (Å²) in [5.74, 6) is 0.705. The van der Waals surface area contributed by atoms with Crippen LogP contribution < -0.4 is 9.80 Å². The maximum absolute atomic E-state index is 13.3. The van der Waals surface area contributed by atoms with Gasteiger partial charge in [-0.2, -0.15) is 0 Å². The SMILES string of the molecule is Cc1cc(C)c(C2=NO[C@]34CCC[C@H]3C(=O)N(C)c3ccccc3N24)c(C)c1. The molecule has 1 aliphatic carbocycles. The molecule has 1 amide bonds. The van der Waals surface area contributed by atoms with E-state index in [0.717, 1.165) is 42.0 Å². The highest BCUT2D eigenvalue weighted by Crippen LogP contribution is 2.52.